The number of carbonyl (C=O) groups is 1. The molecule has 0 unspecified atom stereocenters. The largest absolute Gasteiger partial charge is 0.352 e. The molecule has 0 spiro atoms. The van der Waals surface area contributed by atoms with E-state index in [9.17, 15) is 4.79 Å². The summed E-state index contributed by atoms with van der Waals surface area (Å²) in [4.78, 5) is 20.5. The Morgan fingerprint density at radius 2 is 2.04 bits per heavy atom. The molecule has 0 aliphatic heterocycles. The maximum atomic E-state index is 12.2. The van der Waals surface area contributed by atoms with Crippen LogP contribution in [0.25, 0.3) is 5.82 Å². The second-order valence-corrected chi connectivity index (χ2v) is 5.97. The standard InChI is InChI=1S/C17H14Cl2N4O/c18-14-4-3-12(8-15(14)19)9-16(24)22-10-13-2-1-5-21-17(13)23-7-6-20-11-23/h1-8,11H,9-10H2,(H,22,24). The molecule has 0 saturated heterocycles. The minimum Gasteiger partial charge on any atom is -0.352 e. The second kappa shape index (κ2) is 7.47. The molecule has 0 fully saturated rings. The molecule has 0 radical (unpaired) electrons. The highest BCUT2D eigenvalue weighted by molar-refractivity contribution is 6.42. The summed E-state index contributed by atoms with van der Waals surface area (Å²) in [6.45, 7) is 0.376. The number of halogens is 2. The van der Waals surface area contributed by atoms with Crippen LogP contribution in [0.15, 0.2) is 55.2 Å². The average molecular weight is 361 g/mol. The molecule has 0 bridgehead atoms. The lowest BCUT2D eigenvalue weighted by Gasteiger charge is -2.10. The Labute approximate surface area is 149 Å². The molecule has 0 atom stereocenters. The molecule has 122 valence electrons. The summed E-state index contributed by atoms with van der Waals surface area (Å²) in [5, 5.41) is 3.81. The van der Waals surface area contributed by atoms with Gasteiger partial charge in [0.05, 0.1) is 16.5 Å². The van der Waals surface area contributed by atoms with Crippen molar-refractivity contribution in [3.05, 3.63) is 76.4 Å². The van der Waals surface area contributed by atoms with Gasteiger partial charge in [-0.15, -0.1) is 0 Å². The molecular weight excluding hydrogens is 347 g/mol. The van der Waals surface area contributed by atoms with Gasteiger partial charge in [0.25, 0.3) is 0 Å². The zero-order valence-corrected chi connectivity index (χ0v) is 14.1. The third kappa shape index (κ3) is 3.93. The van der Waals surface area contributed by atoms with Gasteiger partial charge in [-0.25, -0.2) is 9.97 Å². The number of imidazole rings is 1. The third-order valence-electron chi connectivity index (χ3n) is 3.44. The first-order chi connectivity index (χ1) is 11.6. The molecule has 2 aromatic heterocycles. The molecule has 0 aliphatic rings. The number of hydrogen-bond donors (Lipinski definition) is 1. The summed E-state index contributed by atoms with van der Waals surface area (Å²) in [5.41, 5.74) is 1.71. The van der Waals surface area contributed by atoms with Gasteiger partial charge in [0, 0.05) is 30.7 Å². The van der Waals surface area contributed by atoms with E-state index < -0.39 is 0 Å². The van der Waals surface area contributed by atoms with E-state index in [1.807, 2.05) is 18.3 Å². The Bertz CT molecular complexity index is 850. The van der Waals surface area contributed by atoms with Gasteiger partial charge in [-0.1, -0.05) is 35.3 Å². The molecular formula is C17H14Cl2N4O. The maximum Gasteiger partial charge on any atom is 0.224 e. The molecule has 24 heavy (non-hydrogen) atoms. The van der Waals surface area contributed by atoms with Crippen LogP contribution >= 0.6 is 23.2 Å². The summed E-state index contributed by atoms with van der Waals surface area (Å²) < 4.78 is 1.81. The zero-order valence-electron chi connectivity index (χ0n) is 12.6. The van der Waals surface area contributed by atoms with Crippen molar-refractivity contribution in [3.8, 4) is 5.82 Å². The minimum absolute atomic E-state index is 0.103. The van der Waals surface area contributed by atoms with E-state index in [0.29, 0.717) is 16.6 Å². The van der Waals surface area contributed by atoms with Crippen molar-refractivity contribution < 1.29 is 4.79 Å². The van der Waals surface area contributed by atoms with Crippen LogP contribution in [0, 0.1) is 0 Å². The highest BCUT2D eigenvalue weighted by atomic mass is 35.5. The smallest absolute Gasteiger partial charge is 0.224 e. The third-order valence-corrected chi connectivity index (χ3v) is 4.18. The van der Waals surface area contributed by atoms with Gasteiger partial charge >= 0.3 is 0 Å². The van der Waals surface area contributed by atoms with E-state index in [0.717, 1.165) is 16.9 Å². The van der Waals surface area contributed by atoms with Crippen LogP contribution in [0.1, 0.15) is 11.1 Å². The quantitative estimate of drug-likeness (QED) is 0.758. The Hall–Kier alpha value is -2.37. The minimum atomic E-state index is -0.103. The first kappa shape index (κ1) is 16.5. The number of pyridine rings is 1. The van der Waals surface area contributed by atoms with E-state index >= 15 is 0 Å². The zero-order chi connectivity index (χ0) is 16.9. The van der Waals surface area contributed by atoms with Crippen LogP contribution in [0.5, 0.6) is 0 Å². The molecule has 0 saturated carbocycles. The number of nitrogens with one attached hydrogen (secondary N) is 1. The van der Waals surface area contributed by atoms with E-state index in [1.54, 1.807) is 41.5 Å². The van der Waals surface area contributed by atoms with E-state index in [4.69, 9.17) is 23.2 Å². The molecule has 7 heteroatoms. The normalized spacial score (nSPS) is 10.6. The van der Waals surface area contributed by atoms with Crippen molar-refractivity contribution in [2.45, 2.75) is 13.0 Å². The number of rotatable bonds is 5. The molecule has 3 rings (SSSR count). The summed E-state index contributed by atoms with van der Waals surface area (Å²) in [7, 11) is 0. The first-order valence-electron chi connectivity index (χ1n) is 7.26. The molecule has 5 nitrogen and oxygen atoms in total. The number of aromatic nitrogens is 3. The monoisotopic (exact) mass is 360 g/mol. The Morgan fingerprint density at radius 1 is 1.17 bits per heavy atom. The highest BCUT2D eigenvalue weighted by Gasteiger charge is 2.09. The van der Waals surface area contributed by atoms with Crippen LogP contribution in [0.3, 0.4) is 0 Å². The summed E-state index contributed by atoms with van der Waals surface area (Å²) in [6, 6.07) is 8.92. The lowest BCUT2D eigenvalue weighted by Crippen LogP contribution is -2.25. The van der Waals surface area contributed by atoms with Gasteiger partial charge in [-0.3, -0.25) is 9.36 Å². The second-order valence-electron chi connectivity index (χ2n) is 5.16. The van der Waals surface area contributed by atoms with Gasteiger partial charge in [-0.05, 0) is 23.8 Å². The van der Waals surface area contributed by atoms with Gasteiger partial charge < -0.3 is 5.32 Å². The van der Waals surface area contributed by atoms with Gasteiger partial charge in [-0.2, -0.15) is 0 Å². The van der Waals surface area contributed by atoms with E-state index in [-0.39, 0.29) is 12.3 Å². The Kier molecular flexibility index (Phi) is 5.13. The molecule has 2 heterocycles. The van der Waals surface area contributed by atoms with Crippen molar-refractivity contribution in [1.29, 1.82) is 0 Å². The average Bonchev–Trinajstić information content (AvgIpc) is 3.11. The molecule has 1 N–H and O–H groups in total. The first-order valence-corrected chi connectivity index (χ1v) is 8.02. The molecule has 1 amide bonds. The topological polar surface area (TPSA) is 59.8 Å². The highest BCUT2D eigenvalue weighted by Crippen LogP contribution is 2.22. The van der Waals surface area contributed by atoms with Gasteiger partial charge in [0.15, 0.2) is 0 Å². The van der Waals surface area contributed by atoms with Crippen LogP contribution in [0.2, 0.25) is 10.0 Å². The van der Waals surface area contributed by atoms with Gasteiger partial charge in [0.2, 0.25) is 5.91 Å². The van der Waals surface area contributed by atoms with Crippen LogP contribution in [-0.2, 0) is 17.8 Å². The lowest BCUT2D eigenvalue weighted by molar-refractivity contribution is -0.120. The predicted molar refractivity (Wildman–Crippen MR) is 93.4 cm³/mol. The Morgan fingerprint density at radius 3 is 2.79 bits per heavy atom. The van der Waals surface area contributed by atoms with Crippen LogP contribution < -0.4 is 5.32 Å². The van der Waals surface area contributed by atoms with Crippen molar-refractivity contribution in [1.82, 2.24) is 19.9 Å². The van der Waals surface area contributed by atoms with Crippen molar-refractivity contribution >= 4 is 29.1 Å². The number of carbonyl (C=O) groups excluding carboxylic acids is 1. The predicted octanol–water partition coefficient (Wildman–Crippen LogP) is 3.43. The lowest BCUT2D eigenvalue weighted by atomic mass is 10.1. The molecule has 3 aromatic rings. The fourth-order valence-electron chi connectivity index (χ4n) is 2.28. The Balaban J connectivity index is 1.66. The van der Waals surface area contributed by atoms with Crippen molar-refractivity contribution in [2.75, 3.05) is 0 Å². The number of nitrogens with zero attached hydrogens (tertiary/aromatic N) is 3. The van der Waals surface area contributed by atoms with Crippen LogP contribution in [-0.4, -0.2) is 20.4 Å². The summed E-state index contributed by atoms with van der Waals surface area (Å²) in [6.07, 6.45) is 7.10. The summed E-state index contributed by atoms with van der Waals surface area (Å²) in [5.74, 6) is 0.638. The van der Waals surface area contributed by atoms with E-state index in [2.05, 4.69) is 15.3 Å². The van der Waals surface area contributed by atoms with E-state index in [1.165, 1.54) is 0 Å². The van der Waals surface area contributed by atoms with Crippen LogP contribution in [0.4, 0.5) is 0 Å². The van der Waals surface area contributed by atoms with Crippen molar-refractivity contribution in [3.63, 3.8) is 0 Å². The SMILES string of the molecule is O=C(Cc1ccc(Cl)c(Cl)c1)NCc1cccnc1-n1ccnc1. The molecule has 1 aromatic carbocycles. The fourth-order valence-corrected chi connectivity index (χ4v) is 2.60. The number of amides is 1. The number of hydrogen-bond acceptors (Lipinski definition) is 3. The summed E-state index contributed by atoms with van der Waals surface area (Å²) >= 11 is 11.8. The van der Waals surface area contributed by atoms with Gasteiger partial charge in [0.1, 0.15) is 12.1 Å². The van der Waals surface area contributed by atoms with Crippen molar-refractivity contribution in [2.24, 2.45) is 0 Å². The fraction of sp³-hybridized carbons (Fsp3) is 0.118. The number of benzene rings is 1. The maximum absolute atomic E-state index is 12.2. The molecule has 0 aliphatic carbocycles.